The second-order valence-corrected chi connectivity index (χ2v) is 11.7. The molecule has 41 heavy (non-hydrogen) atoms. The summed E-state index contributed by atoms with van der Waals surface area (Å²) in [6.45, 7) is 11.6. The van der Waals surface area contributed by atoms with Crippen molar-refractivity contribution in [2.45, 2.75) is 77.5 Å². The summed E-state index contributed by atoms with van der Waals surface area (Å²) in [5.41, 5.74) is 1.57. The van der Waals surface area contributed by atoms with Crippen LogP contribution < -0.4 is 14.8 Å². The summed E-state index contributed by atoms with van der Waals surface area (Å²) in [5, 5.41) is 6.72. The number of nitrogens with zero attached hydrogens (tertiary/aromatic N) is 4. The Bertz CT molecular complexity index is 1470. The minimum absolute atomic E-state index is 0.0751. The largest absolute Gasteiger partial charge is 0.490 e. The fourth-order valence-electron chi connectivity index (χ4n) is 4.51. The molecule has 1 saturated carbocycles. The van der Waals surface area contributed by atoms with Crippen LogP contribution in [0.1, 0.15) is 64.5 Å². The first-order valence-corrected chi connectivity index (χ1v) is 13.6. The zero-order valence-electron chi connectivity index (χ0n) is 24.2. The number of hydrogen-bond acceptors (Lipinski definition) is 9. The Kier molecular flexibility index (Phi) is 7.66. The summed E-state index contributed by atoms with van der Waals surface area (Å²) in [7, 11) is 0. The van der Waals surface area contributed by atoms with E-state index < -0.39 is 5.60 Å². The summed E-state index contributed by atoms with van der Waals surface area (Å²) in [6, 6.07) is 16.3. The highest BCUT2D eigenvalue weighted by atomic mass is 16.6. The summed E-state index contributed by atoms with van der Waals surface area (Å²) in [4.78, 5) is 24.6. The monoisotopic (exact) mass is 557 g/mol. The SMILES string of the molecule is Cc1nc(-c2ncc(Oc3ccc(C(C)(C)c4ccc(OC5CC(NC(=O)OC(C)(C)C)C5)cc4)cc3)cn2)no1. The van der Waals surface area contributed by atoms with Gasteiger partial charge in [-0.05, 0) is 56.2 Å². The summed E-state index contributed by atoms with van der Waals surface area (Å²) < 4.78 is 22.3. The van der Waals surface area contributed by atoms with Crippen molar-refractivity contribution in [2.75, 3.05) is 0 Å². The van der Waals surface area contributed by atoms with Gasteiger partial charge in [-0.15, -0.1) is 0 Å². The zero-order valence-corrected chi connectivity index (χ0v) is 24.2. The second kappa shape index (κ2) is 11.2. The summed E-state index contributed by atoms with van der Waals surface area (Å²) in [5.74, 6) is 3.17. The van der Waals surface area contributed by atoms with E-state index in [-0.39, 0.29) is 23.7 Å². The molecular formula is C31H35N5O5. The fraction of sp³-hybridized carbons (Fsp3) is 0.387. The van der Waals surface area contributed by atoms with E-state index >= 15 is 0 Å². The molecule has 1 amide bonds. The Morgan fingerprint density at radius 2 is 1.44 bits per heavy atom. The molecule has 1 N–H and O–H groups in total. The van der Waals surface area contributed by atoms with E-state index in [0.29, 0.717) is 29.0 Å². The molecule has 0 aliphatic heterocycles. The number of benzene rings is 2. The minimum Gasteiger partial charge on any atom is -0.490 e. The van der Waals surface area contributed by atoms with Gasteiger partial charge in [-0.25, -0.2) is 14.8 Å². The molecule has 1 aliphatic carbocycles. The number of aryl methyl sites for hydroxylation is 1. The van der Waals surface area contributed by atoms with Crippen LogP contribution in [0.25, 0.3) is 11.6 Å². The molecule has 10 nitrogen and oxygen atoms in total. The molecule has 2 heterocycles. The van der Waals surface area contributed by atoms with Crippen molar-refractivity contribution in [3.8, 4) is 28.9 Å². The fourth-order valence-corrected chi connectivity index (χ4v) is 4.51. The van der Waals surface area contributed by atoms with Crippen molar-refractivity contribution in [1.82, 2.24) is 25.4 Å². The van der Waals surface area contributed by atoms with E-state index in [0.717, 1.165) is 29.7 Å². The van der Waals surface area contributed by atoms with E-state index in [1.807, 2.05) is 45.0 Å². The first-order chi connectivity index (χ1) is 19.4. The van der Waals surface area contributed by atoms with Crippen LogP contribution in [-0.4, -0.2) is 43.9 Å². The van der Waals surface area contributed by atoms with Crippen LogP contribution in [-0.2, 0) is 10.2 Å². The number of carbonyl (C=O) groups is 1. The van der Waals surface area contributed by atoms with Gasteiger partial charge in [0.2, 0.25) is 17.5 Å². The lowest BCUT2D eigenvalue weighted by molar-refractivity contribution is 0.0363. The Balaban J connectivity index is 1.13. The van der Waals surface area contributed by atoms with Gasteiger partial charge in [-0.2, -0.15) is 4.98 Å². The van der Waals surface area contributed by atoms with Gasteiger partial charge in [0.25, 0.3) is 0 Å². The summed E-state index contributed by atoms with van der Waals surface area (Å²) in [6.07, 6.45) is 4.37. The predicted octanol–water partition coefficient (Wildman–Crippen LogP) is 6.39. The topological polar surface area (TPSA) is 121 Å². The van der Waals surface area contributed by atoms with E-state index in [1.165, 1.54) is 0 Å². The lowest BCUT2D eigenvalue weighted by Gasteiger charge is -2.36. The molecule has 4 aromatic rings. The van der Waals surface area contributed by atoms with Gasteiger partial charge >= 0.3 is 6.09 Å². The van der Waals surface area contributed by atoms with Gasteiger partial charge in [-0.1, -0.05) is 43.3 Å². The summed E-state index contributed by atoms with van der Waals surface area (Å²) >= 11 is 0. The van der Waals surface area contributed by atoms with Gasteiger partial charge in [-0.3, -0.25) is 0 Å². The van der Waals surface area contributed by atoms with Crippen LogP contribution in [0.2, 0.25) is 0 Å². The van der Waals surface area contributed by atoms with E-state index in [2.05, 4.69) is 63.5 Å². The first kappa shape index (κ1) is 28.1. The van der Waals surface area contributed by atoms with Gasteiger partial charge < -0.3 is 24.1 Å². The molecule has 2 aromatic heterocycles. The van der Waals surface area contributed by atoms with Crippen molar-refractivity contribution in [2.24, 2.45) is 0 Å². The third kappa shape index (κ3) is 7.00. The molecule has 0 bridgehead atoms. The van der Waals surface area contributed by atoms with Crippen LogP contribution in [0.3, 0.4) is 0 Å². The Labute approximate surface area is 239 Å². The molecule has 5 rings (SSSR count). The number of carbonyl (C=O) groups excluding carboxylic acids is 1. The zero-order chi connectivity index (χ0) is 29.2. The molecule has 0 atom stereocenters. The maximum Gasteiger partial charge on any atom is 0.407 e. The molecule has 0 spiro atoms. The van der Waals surface area contributed by atoms with Crippen LogP contribution in [0.4, 0.5) is 4.79 Å². The standard InChI is InChI=1S/C31H35N5O5/c1-19-34-28(36-41-19)27-32-17-26(18-33-27)39-24-13-9-21(10-14-24)31(5,6)20-7-11-23(12-8-20)38-25-15-22(16-25)35-29(37)40-30(2,3)4/h7-14,17-18,22,25H,15-16H2,1-6H3,(H,35,37). The third-order valence-corrected chi connectivity index (χ3v) is 6.86. The van der Waals surface area contributed by atoms with Crippen LogP contribution in [0, 0.1) is 6.92 Å². The number of ether oxygens (including phenoxy) is 3. The highest BCUT2D eigenvalue weighted by Gasteiger charge is 2.33. The lowest BCUT2D eigenvalue weighted by Crippen LogP contribution is -2.50. The van der Waals surface area contributed by atoms with Gasteiger partial charge in [0.1, 0.15) is 23.2 Å². The highest BCUT2D eigenvalue weighted by Crippen LogP contribution is 2.35. The predicted molar refractivity (Wildman–Crippen MR) is 152 cm³/mol. The second-order valence-electron chi connectivity index (χ2n) is 11.7. The highest BCUT2D eigenvalue weighted by molar-refractivity contribution is 5.68. The quantitative estimate of drug-likeness (QED) is 0.263. The first-order valence-electron chi connectivity index (χ1n) is 13.6. The number of nitrogens with one attached hydrogen (secondary N) is 1. The lowest BCUT2D eigenvalue weighted by atomic mass is 9.78. The normalized spacial score (nSPS) is 16.9. The van der Waals surface area contributed by atoms with Crippen molar-refractivity contribution >= 4 is 6.09 Å². The van der Waals surface area contributed by atoms with E-state index in [4.69, 9.17) is 18.7 Å². The van der Waals surface area contributed by atoms with Crippen molar-refractivity contribution in [1.29, 1.82) is 0 Å². The van der Waals surface area contributed by atoms with E-state index in [9.17, 15) is 4.79 Å². The molecule has 0 radical (unpaired) electrons. The van der Waals surface area contributed by atoms with Crippen molar-refractivity contribution in [3.05, 3.63) is 77.9 Å². The van der Waals surface area contributed by atoms with E-state index in [1.54, 1.807) is 19.3 Å². The van der Waals surface area contributed by atoms with Crippen LogP contribution in [0.15, 0.2) is 65.4 Å². The molecule has 2 aromatic carbocycles. The average Bonchev–Trinajstić information content (AvgIpc) is 3.33. The number of amides is 1. The van der Waals surface area contributed by atoms with Gasteiger partial charge in [0, 0.05) is 31.2 Å². The molecular weight excluding hydrogens is 522 g/mol. The number of hydrogen-bond donors (Lipinski definition) is 1. The number of aromatic nitrogens is 4. The third-order valence-electron chi connectivity index (χ3n) is 6.86. The van der Waals surface area contributed by atoms with Crippen molar-refractivity contribution < 1.29 is 23.5 Å². The Morgan fingerprint density at radius 1 is 0.854 bits per heavy atom. The molecule has 10 heteroatoms. The number of rotatable bonds is 8. The molecule has 0 unspecified atom stereocenters. The van der Waals surface area contributed by atoms with Crippen molar-refractivity contribution in [3.63, 3.8) is 0 Å². The van der Waals surface area contributed by atoms with Crippen LogP contribution in [0.5, 0.6) is 17.2 Å². The molecule has 214 valence electrons. The van der Waals surface area contributed by atoms with Gasteiger partial charge in [0.05, 0.1) is 12.4 Å². The molecule has 0 saturated heterocycles. The minimum atomic E-state index is -0.505. The maximum absolute atomic E-state index is 11.9. The smallest absolute Gasteiger partial charge is 0.407 e. The van der Waals surface area contributed by atoms with Gasteiger partial charge in [0.15, 0.2) is 5.75 Å². The Hall–Kier alpha value is -4.47. The molecule has 1 aliphatic rings. The maximum atomic E-state index is 11.9. The average molecular weight is 558 g/mol. The van der Waals surface area contributed by atoms with Crippen LogP contribution >= 0.6 is 0 Å². The molecule has 1 fully saturated rings. The Morgan fingerprint density at radius 3 is 1.98 bits per heavy atom. The number of alkyl carbamates (subject to hydrolysis) is 1.